The number of para-hydroxylation sites is 2. The van der Waals surface area contributed by atoms with E-state index in [1.54, 1.807) is 0 Å². The molecule has 0 bridgehead atoms. The Hall–Kier alpha value is -5.94. The largest absolute Gasteiger partial charge is 0.309 e. The van der Waals surface area contributed by atoms with Gasteiger partial charge >= 0.3 is 0 Å². The van der Waals surface area contributed by atoms with E-state index in [-0.39, 0.29) is 0 Å². The van der Waals surface area contributed by atoms with Crippen molar-refractivity contribution in [1.29, 1.82) is 0 Å². The molecule has 0 saturated heterocycles. The average molecular weight is 552 g/mol. The molecule has 0 saturated carbocycles. The van der Waals surface area contributed by atoms with Gasteiger partial charge < -0.3 is 4.57 Å². The van der Waals surface area contributed by atoms with Gasteiger partial charge in [-0.25, -0.2) is 15.0 Å². The summed E-state index contributed by atoms with van der Waals surface area (Å²) < 4.78 is 2.33. The first kappa shape index (κ1) is 24.8. The maximum absolute atomic E-state index is 4.88. The highest BCUT2D eigenvalue weighted by Gasteiger charge is 2.16. The molecule has 0 aliphatic carbocycles. The maximum Gasteiger partial charge on any atom is 0.182 e. The summed E-state index contributed by atoms with van der Waals surface area (Å²) in [5.74, 6) is 1.77. The number of benzene rings is 5. The van der Waals surface area contributed by atoms with Crippen LogP contribution in [0, 0.1) is 0 Å². The zero-order valence-corrected chi connectivity index (χ0v) is 23.2. The smallest absolute Gasteiger partial charge is 0.182 e. The lowest BCUT2D eigenvalue weighted by Crippen LogP contribution is -2.01. The fraction of sp³-hybridized carbons (Fsp3) is 0. The van der Waals surface area contributed by atoms with Gasteiger partial charge in [-0.05, 0) is 47.5 Å². The summed E-state index contributed by atoms with van der Waals surface area (Å²) in [5, 5.41) is 2.45. The molecule has 0 fully saturated rings. The molecule has 202 valence electrons. The summed E-state index contributed by atoms with van der Waals surface area (Å²) in [6.07, 6.45) is 1.83. The van der Waals surface area contributed by atoms with Crippen LogP contribution in [-0.2, 0) is 0 Å². The lowest BCUT2D eigenvalue weighted by atomic mass is 10.0. The molecule has 3 heterocycles. The summed E-state index contributed by atoms with van der Waals surface area (Å²) in [4.78, 5) is 19.3. The Morgan fingerprint density at radius 2 is 0.953 bits per heavy atom. The van der Waals surface area contributed by atoms with Crippen molar-refractivity contribution in [1.82, 2.24) is 24.5 Å². The van der Waals surface area contributed by atoms with Crippen molar-refractivity contribution in [2.75, 3.05) is 0 Å². The van der Waals surface area contributed by atoms with Gasteiger partial charge in [-0.2, -0.15) is 0 Å². The highest BCUT2D eigenvalue weighted by Crippen LogP contribution is 2.35. The van der Waals surface area contributed by atoms with E-state index in [1.807, 2.05) is 72.9 Å². The van der Waals surface area contributed by atoms with Crippen LogP contribution in [0.4, 0.5) is 0 Å². The third-order valence-electron chi connectivity index (χ3n) is 7.71. The van der Waals surface area contributed by atoms with Crippen molar-refractivity contribution in [3.05, 3.63) is 152 Å². The van der Waals surface area contributed by atoms with Crippen molar-refractivity contribution in [3.63, 3.8) is 0 Å². The third kappa shape index (κ3) is 4.53. The second-order valence-corrected chi connectivity index (χ2v) is 10.4. The molecule has 5 nitrogen and oxygen atoms in total. The van der Waals surface area contributed by atoms with Crippen LogP contribution in [0.2, 0.25) is 0 Å². The third-order valence-corrected chi connectivity index (χ3v) is 7.71. The molecule has 5 aromatic carbocycles. The molecular formula is C38H25N5. The van der Waals surface area contributed by atoms with Gasteiger partial charge in [0.25, 0.3) is 0 Å². The van der Waals surface area contributed by atoms with Crippen LogP contribution >= 0.6 is 0 Å². The summed E-state index contributed by atoms with van der Waals surface area (Å²) >= 11 is 0. The van der Waals surface area contributed by atoms with Crippen LogP contribution in [-0.4, -0.2) is 24.5 Å². The Morgan fingerprint density at radius 1 is 0.395 bits per heavy atom. The standard InChI is InChI=1S/C38H25N5/c1-4-12-26(13-5-1)36-40-37(27-14-6-2-7-15-27)42-38(41-36)33-24-29(22-23-39-33)28-20-21-32-31-18-10-11-19-34(31)43(35(32)25-28)30-16-8-3-9-17-30/h1-25H. The van der Waals surface area contributed by atoms with E-state index in [1.165, 1.54) is 16.3 Å². The van der Waals surface area contributed by atoms with E-state index in [0.29, 0.717) is 23.2 Å². The van der Waals surface area contributed by atoms with Crippen molar-refractivity contribution >= 4 is 21.8 Å². The minimum absolute atomic E-state index is 0.536. The summed E-state index contributed by atoms with van der Waals surface area (Å²) in [6, 6.07) is 49.8. The first-order valence-electron chi connectivity index (χ1n) is 14.2. The fourth-order valence-electron chi connectivity index (χ4n) is 5.66. The van der Waals surface area contributed by atoms with Gasteiger partial charge in [0.1, 0.15) is 5.69 Å². The van der Waals surface area contributed by atoms with Gasteiger partial charge in [0, 0.05) is 33.8 Å². The van der Waals surface area contributed by atoms with E-state index in [9.17, 15) is 0 Å². The Bertz CT molecular complexity index is 2170. The SMILES string of the molecule is c1ccc(-c2nc(-c3ccccc3)nc(-c3cc(-c4ccc5c6ccccc6n(-c6ccccc6)c5c4)ccn3)n2)cc1. The van der Waals surface area contributed by atoms with Gasteiger partial charge in [0.05, 0.1) is 11.0 Å². The van der Waals surface area contributed by atoms with Crippen molar-refractivity contribution < 1.29 is 0 Å². The van der Waals surface area contributed by atoms with E-state index < -0.39 is 0 Å². The fourth-order valence-corrected chi connectivity index (χ4v) is 5.66. The number of hydrogen-bond acceptors (Lipinski definition) is 4. The molecule has 0 amide bonds. The highest BCUT2D eigenvalue weighted by atomic mass is 15.0. The second-order valence-electron chi connectivity index (χ2n) is 10.4. The topological polar surface area (TPSA) is 56.5 Å². The Morgan fingerprint density at radius 3 is 1.65 bits per heavy atom. The number of rotatable bonds is 5. The number of hydrogen-bond donors (Lipinski definition) is 0. The Balaban J connectivity index is 1.28. The molecule has 0 aliphatic heterocycles. The quantitative estimate of drug-likeness (QED) is 0.214. The van der Waals surface area contributed by atoms with Crippen LogP contribution in [0.15, 0.2) is 152 Å². The van der Waals surface area contributed by atoms with Crippen molar-refractivity contribution in [2.45, 2.75) is 0 Å². The molecule has 0 spiro atoms. The molecule has 8 aromatic rings. The van der Waals surface area contributed by atoms with Crippen LogP contribution in [0.5, 0.6) is 0 Å². The van der Waals surface area contributed by atoms with Crippen LogP contribution in [0.3, 0.4) is 0 Å². The van der Waals surface area contributed by atoms with Crippen molar-refractivity contribution in [2.24, 2.45) is 0 Å². The molecule has 5 heteroatoms. The van der Waals surface area contributed by atoms with Gasteiger partial charge in [0.15, 0.2) is 17.5 Å². The van der Waals surface area contributed by atoms with Gasteiger partial charge in [-0.15, -0.1) is 0 Å². The van der Waals surface area contributed by atoms with Gasteiger partial charge in [0.2, 0.25) is 0 Å². The minimum atomic E-state index is 0.536. The Labute approximate surface area is 248 Å². The monoisotopic (exact) mass is 551 g/mol. The second kappa shape index (κ2) is 10.5. The zero-order valence-electron chi connectivity index (χ0n) is 23.2. The van der Waals surface area contributed by atoms with Crippen molar-refractivity contribution in [3.8, 4) is 51.1 Å². The summed E-state index contributed by atoms with van der Waals surface area (Å²) in [7, 11) is 0. The predicted octanol–water partition coefficient (Wildman–Crippen LogP) is 9.03. The van der Waals surface area contributed by atoms with E-state index in [2.05, 4.69) is 83.4 Å². The lowest BCUT2D eigenvalue weighted by molar-refractivity contribution is 1.06. The number of nitrogens with zero attached hydrogens (tertiary/aromatic N) is 5. The molecule has 3 aromatic heterocycles. The number of fused-ring (bicyclic) bond motifs is 3. The molecule has 0 atom stereocenters. The highest BCUT2D eigenvalue weighted by molar-refractivity contribution is 6.10. The molecule has 0 unspecified atom stereocenters. The number of pyridine rings is 1. The number of aromatic nitrogens is 5. The normalized spacial score (nSPS) is 11.3. The minimum Gasteiger partial charge on any atom is -0.309 e. The molecule has 8 rings (SSSR count). The molecular weight excluding hydrogens is 526 g/mol. The van der Waals surface area contributed by atoms with Gasteiger partial charge in [-0.1, -0.05) is 109 Å². The summed E-state index contributed by atoms with van der Waals surface area (Å²) in [5.41, 5.74) is 8.16. The lowest BCUT2D eigenvalue weighted by Gasteiger charge is -2.10. The van der Waals surface area contributed by atoms with E-state index >= 15 is 0 Å². The zero-order chi connectivity index (χ0) is 28.6. The predicted molar refractivity (Wildman–Crippen MR) is 174 cm³/mol. The van der Waals surface area contributed by atoms with Crippen LogP contribution in [0.1, 0.15) is 0 Å². The molecule has 0 aliphatic rings. The average Bonchev–Trinajstić information content (AvgIpc) is 3.43. The molecule has 0 radical (unpaired) electrons. The first-order valence-corrected chi connectivity index (χ1v) is 14.2. The van der Waals surface area contributed by atoms with Gasteiger partial charge in [-0.3, -0.25) is 4.98 Å². The molecule has 43 heavy (non-hydrogen) atoms. The first-order chi connectivity index (χ1) is 21.3. The van der Waals surface area contributed by atoms with Crippen LogP contribution < -0.4 is 0 Å². The van der Waals surface area contributed by atoms with Crippen LogP contribution in [0.25, 0.3) is 72.9 Å². The molecule has 0 N–H and O–H groups in total. The maximum atomic E-state index is 4.88. The van der Waals surface area contributed by atoms with E-state index in [0.717, 1.165) is 33.5 Å². The Kier molecular flexibility index (Phi) is 6.05. The summed E-state index contributed by atoms with van der Waals surface area (Å²) in [6.45, 7) is 0. The van der Waals surface area contributed by atoms with E-state index in [4.69, 9.17) is 19.9 Å².